The lowest BCUT2D eigenvalue weighted by Gasteiger charge is -2.24. The molecule has 34 heavy (non-hydrogen) atoms. The van der Waals surface area contributed by atoms with Crippen molar-refractivity contribution in [3.63, 3.8) is 0 Å². The van der Waals surface area contributed by atoms with E-state index in [0.717, 1.165) is 22.3 Å². The molecule has 0 unspecified atom stereocenters. The number of hydrogen-bond acceptors (Lipinski definition) is 5. The number of anilines is 1. The Labute approximate surface area is 198 Å². The number of rotatable bonds is 8. The number of carbonyl (C=O) groups is 2. The number of pyridine rings is 1. The van der Waals surface area contributed by atoms with E-state index in [4.69, 9.17) is 10.1 Å². The van der Waals surface area contributed by atoms with Crippen LogP contribution in [0.1, 0.15) is 62.3 Å². The molecule has 1 aliphatic rings. The molecule has 8 heteroatoms. The first kappa shape index (κ1) is 25.5. The maximum absolute atomic E-state index is 13.7. The highest BCUT2D eigenvalue weighted by Crippen LogP contribution is 2.40. The standard InChI is InChI=1S/C26H31FN2O5/c1-15(2)25-20(12-11-18(30)13-19(31)14-23(33)34)24(16-7-9-17(27)10-8-16)21-5-4-6-22(32)29(3)26(21)28-25/h7-12,15,18-19,30-31H,4-6,13-14H2,1-3H3,(H,33,34)/b12-11+/t18-,19-/m1/s1. The molecule has 0 radical (unpaired) electrons. The van der Waals surface area contributed by atoms with E-state index in [9.17, 15) is 24.2 Å². The van der Waals surface area contributed by atoms with Gasteiger partial charge < -0.3 is 15.3 Å². The minimum absolute atomic E-state index is 0.0165. The monoisotopic (exact) mass is 470 g/mol. The van der Waals surface area contributed by atoms with Crippen LogP contribution in [0.3, 0.4) is 0 Å². The van der Waals surface area contributed by atoms with Crippen molar-refractivity contribution in [2.75, 3.05) is 11.9 Å². The van der Waals surface area contributed by atoms with Gasteiger partial charge in [-0.05, 0) is 42.0 Å². The summed E-state index contributed by atoms with van der Waals surface area (Å²) in [7, 11) is 1.71. The van der Waals surface area contributed by atoms with Gasteiger partial charge in [0.05, 0.1) is 24.3 Å². The number of carboxylic acid groups (broad SMARTS) is 1. The largest absolute Gasteiger partial charge is 0.481 e. The van der Waals surface area contributed by atoms with Gasteiger partial charge in [0.25, 0.3) is 0 Å². The first-order valence-electron chi connectivity index (χ1n) is 11.4. The van der Waals surface area contributed by atoms with Crippen LogP contribution in [0, 0.1) is 5.82 Å². The molecule has 2 atom stereocenters. The summed E-state index contributed by atoms with van der Waals surface area (Å²) in [5.41, 5.74) is 3.93. The lowest BCUT2D eigenvalue weighted by molar-refractivity contribution is -0.139. The fourth-order valence-electron chi connectivity index (χ4n) is 4.27. The van der Waals surface area contributed by atoms with Crippen molar-refractivity contribution in [3.8, 4) is 11.1 Å². The van der Waals surface area contributed by atoms with Crippen LogP contribution in [0.4, 0.5) is 10.2 Å². The second-order valence-electron chi connectivity index (χ2n) is 8.97. The van der Waals surface area contributed by atoms with Gasteiger partial charge in [-0.15, -0.1) is 0 Å². The van der Waals surface area contributed by atoms with Crippen molar-refractivity contribution < 1.29 is 29.3 Å². The van der Waals surface area contributed by atoms with E-state index in [0.29, 0.717) is 30.8 Å². The normalized spacial score (nSPS) is 16.0. The highest BCUT2D eigenvalue weighted by Gasteiger charge is 2.27. The average molecular weight is 471 g/mol. The zero-order chi connectivity index (χ0) is 25.0. The molecule has 3 N–H and O–H groups in total. The second-order valence-corrected chi connectivity index (χ2v) is 8.97. The molecule has 1 amide bonds. The minimum atomic E-state index is -1.18. The van der Waals surface area contributed by atoms with E-state index in [1.54, 1.807) is 30.2 Å². The Morgan fingerprint density at radius 1 is 1.21 bits per heavy atom. The van der Waals surface area contributed by atoms with Crippen LogP contribution in [0.2, 0.25) is 0 Å². The van der Waals surface area contributed by atoms with Gasteiger partial charge in [0.15, 0.2) is 0 Å². The van der Waals surface area contributed by atoms with E-state index >= 15 is 0 Å². The Hall–Kier alpha value is -3.10. The smallest absolute Gasteiger partial charge is 0.305 e. The molecular weight excluding hydrogens is 439 g/mol. The van der Waals surface area contributed by atoms with E-state index in [1.807, 2.05) is 13.8 Å². The Kier molecular flexibility index (Phi) is 8.17. The predicted molar refractivity (Wildman–Crippen MR) is 128 cm³/mol. The first-order chi connectivity index (χ1) is 16.1. The number of halogens is 1. The van der Waals surface area contributed by atoms with Crippen LogP contribution in [0.25, 0.3) is 17.2 Å². The maximum Gasteiger partial charge on any atom is 0.305 e. The van der Waals surface area contributed by atoms with Crippen LogP contribution in [-0.4, -0.2) is 51.4 Å². The van der Waals surface area contributed by atoms with Gasteiger partial charge in [-0.2, -0.15) is 0 Å². The fourth-order valence-corrected chi connectivity index (χ4v) is 4.27. The fraction of sp³-hybridized carbons (Fsp3) is 0.423. The van der Waals surface area contributed by atoms with Gasteiger partial charge in [0, 0.05) is 31.0 Å². The van der Waals surface area contributed by atoms with Crippen LogP contribution in [0.15, 0.2) is 30.3 Å². The van der Waals surface area contributed by atoms with Crippen LogP contribution in [0.5, 0.6) is 0 Å². The number of benzene rings is 1. The number of fused-ring (bicyclic) bond motifs is 1. The number of nitrogens with zero attached hydrogens (tertiary/aromatic N) is 2. The predicted octanol–water partition coefficient (Wildman–Crippen LogP) is 3.91. The molecule has 3 rings (SSSR count). The second kappa shape index (κ2) is 10.9. The zero-order valence-corrected chi connectivity index (χ0v) is 19.7. The Morgan fingerprint density at radius 3 is 2.50 bits per heavy atom. The van der Waals surface area contributed by atoms with E-state index < -0.39 is 24.6 Å². The molecule has 0 saturated carbocycles. The Morgan fingerprint density at radius 2 is 1.88 bits per heavy atom. The number of aliphatic hydroxyl groups is 2. The number of aliphatic hydroxyl groups excluding tert-OH is 2. The topological polar surface area (TPSA) is 111 Å². The molecule has 2 heterocycles. The van der Waals surface area contributed by atoms with Gasteiger partial charge in [0.1, 0.15) is 11.6 Å². The summed E-state index contributed by atoms with van der Waals surface area (Å²) in [6, 6.07) is 6.14. The number of aliphatic carboxylic acids is 1. The van der Waals surface area contributed by atoms with E-state index in [1.165, 1.54) is 18.2 Å². The molecule has 2 aromatic rings. The highest BCUT2D eigenvalue weighted by molar-refractivity contribution is 5.96. The summed E-state index contributed by atoms with van der Waals surface area (Å²) in [6.07, 6.45) is 2.08. The van der Waals surface area contributed by atoms with Gasteiger partial charge in [0.2, 0.25) is 5.91 Å². The van der Waals surface area contributed by atoms with Gasteiger partial charge in [-0.3, -0.25) is 14.5 Å². The van der Waals surface area contributed by atoms with Gasteiger partial charge in [-0.25, -0.2) is 9.37 Å². The summed E-state index contributed by atoms with van der Waals surface area (Å²) in [4.78, 5) is 29.8. The summed E-state index contributed by atoms with van der Waals surface area (Å²) < 4.78 is 13.7. The maximum atomic E-state index is 13.7. The van der Waals surface area contributed by atoms with Crippen LogP contribution >= 0.6 is 0 Å². The number of amides is 1. The van der Waals surface area contributed by atoms with Crippen molar-refractivity contribution in [2.24, 2.45) is 0 Å². The zero-order valence-electron chi connectivity index (χ0n) is 19.7. The quantitative estimate of drug-likeness (QED) is 0.540. The number of hydrogen-bond donors (Lipinski definition) is 3. The molecule has 0 aliphatic carbocycles. The molecule has 0 spiro atoms. The third kappa shape index (κ3) is 5.87. The molecule has 1 aromatic carbocycles. The SMILES string of the molecule is CC(C)c1nc2c(c(-c3ccc(F)cc3)c1/C=C/[C@@H](O)C[C@@H](O)CC(=O)O)CCCC(=O)N2C. The van der Waals surface area contributed by atoms with Crippen LogP contribution in [-0.2, 0) is 16.0 Å². The Balaban J connectivity index is 2.17. The number of carbonyl (C=O) groups excluding carboxylic acids is 1. The summed E-state index contributed by atoms with van der Waals surface area (Å²) >= 11 is 0. The lowest BCUT2D eigenvalue weighted by atomic mass is 9.88. The molecule has 1 aliphatic heterocycles. The number of aromatic nitrogens is 1. The minimum Gasteiger partial charge on any atom is -0.481 e. The van der Waals surface area contributed by atoms with E-state index in [-0.39, 0.29) is 24.1 Å². The van der Waals surface area contributed by atoms with Crippen molar-refractivity contribution in [1.82, 2.24) is 4.98 Å². The average Bonchev–Trinajstić information content (AvgIpc) is 2.89. The molecule has 0 saturated heterocycles. The van der Waals surface area contributed by atoms with Crippen molar-refractivity contribution in [2.45, 2.75) is 64.1 Å². The molecule has 0 bridgehead atoms. The highest BCUT2D eigenvalue weighted by atomic mass is 19.1. The molecular formula is C26H31FN2O5. The van der Waals surface area contributed by atoms with Crippen molar-refractivity contribution in [3.05, 3.63) is 53.0 Å². The molecule has 1 aromatic heterocycles. The summed E-state index contributed by atoms with van der Waals surface area (Å²) in [5.74, 6) is -0.957. The molecule has 0 fully saturated rings. The van der Waals surface area contributed by atoms with Crippen LogP contribution < -0.4 is 4.90 Å². The Bertz CT molecular complexity index is 1080. The third-order valence-electron chi connectivity index (χ3n) is 5.94. The van der Waals surface area contributed by atoms with Gasteiger partial charge >= 0.3 is 5.97 Å². The van der Waals surface area contributed by atoms with Crippen molar-refractivity contribution >= 4 is 23.8 Å². The number of carboxylic acids is 1. The van der Waals surface area contributed by atoms with Gasteiger partial charge in [-0.1, -0.05) is 38.1 Å². The third-order valence-corrected chi connectivity index (χ3v) is 5.94. The first-order valence-corrected chi connectivity index (χ1v) is 11.4. The molecule has 182 valence electrons. The summed E-state index contributed by atoms with van der Waals surface area (Å²) in [6.45, 7) is 3.96. The lowest BCUT2D eigenvalue weighted by Crippen LogP contribution is -2.27. The van der Waals surface area contributed by atoms with Crippen molar-refractivity contribution in [1.29, 1.82) is 0 Å². The summed E-state index contributed by atoms with van der Waals surface area (Å²) in [5, 5.41) is 29.1. The van der Waals surface area contributed by atoms with E-state index in [2.05, 4.69) is 0 Å². The molecule has 7 nitrogen and oxygen atoms in total.